The van der Waals surface area contributed by atoms with E-state index < -0.39 is 5.60 Å². The molecular weight excluding hydrogens is 250 g/mol. The Bertz CT molecular complexity index is 439. The molecule has 2 rings (SSSR count). The first-order valence-corrected chi connectivity index (χ1v) is 6.08. The van der Waals surface area contributed by atoms with E-state index in [1.54, 1.807) is 0 Å². The first-order chi connectivity index (χ1) is 8.03. The van der Waals surface area contributed by atoms with Crippen LogP contribution in [-0.4, -0.2) is 29.6 Å². The Balaban J connectivity index is 0.00000162. The molecule has 0 amide bonds. The molecule has 1 fully saturated rings. The van der Waals surface area contributed by atoms with Gasteiger partial charge in [-0.05, 0) is 57.0 Å². The molecule has 0 aromatic heterocycles. The van der Waals surface area contributed by atoms with Crippen molar-refractivity contribution in [2.75, 3.05) is 13.1 Å². The first-order valence-electron chi connectivity index (χ1n) is 6.08. The van der Waals surface area contributed by atoms with Crippen molar-refractivity contribution < 1.29 is 9.90 Å². The van der Waals surface area contributed by atoms with Crippen LogP contribution in [0.5, 0.6) is 0 Å². The topological polar surface area (TPSA) is 49.3 Å². The summed E-state index contributed by atoms with van der Waals surface area (Å²) in [6.07, 6.45) is 0.998. The molecule has 1 aliphatic heterocycles. The highest BCUT2D eigenvalue weighted by atomic mass is 35.5. The van der Waals surface area contributed by atoms with Gasteiger partial charge in [-0.3, -0.25) is 4.79 Å². The summed E-state index contributed by atoms with van der Waals surface area (Å²) in [6.45, 7) is 5.40. The molecule has 0 bridgehead atoms. The molecule has 1 aromatic carbocycles. The molecule has 0 saturated carbocycles. The van der Waals surface area contributed by atoms with Crippen molar-refractivity contribution in [2.24, 2.45) is 0 Å². The maximum absolute atomic E-state index is 12.3. The number of carbonyl (C=O) groups is 1. The summed E-state index contributed by atoms with van der Waals surface area (Å²) >= 11 is 0. The van der Waals surface area contributed by atoms with Gasteiger partial charge in [0.1, 0.15) is 5.60 Å². The van der Waals surface area contributed by atoms with Gasteiger partial charge in [0.15, 0.2) is 5.78 Å². The Hall–Kier alpha value is -0.900. The zero-order valence-corrected chi connectivity index (χ0v) is 11.6. The van der Waals surface area contributed by atoms with Crippen LogP contribution < -0.4 is 5.32 Å². The number of rotatable bonds is 2. The van der Waals surface area contributed by atoms with Gasteiger partial charge < -0.3 is 10.4 Å². The van der Waals surface area contributed by atoms with Gasteiger partial charge in [0, 0.05) is 5.56 Å². The second-order valence-corrected chi connectivity index (χ2v) is 4.91. The van der Waals surface area contributed by atoms with Crippen molar-refractivity contribution in [1.82, 2.24) is 5.32 Å². The lowest BCUT2D eigenvalue weighted by Gasteiger charge is -2.31. The smallest absolute Gasteiger partial charge is 0.194 e. The molecule has 100 valence electrons. The maximum atomic E-state index is 12.3. The van der Waals surface area contributed by atoms with Crippen molar-refractivity contribution in [3.63, 3.8) is 0 Å². The predicted molar refractivity (Wildman–Crippen MR) is 74.5 cm³/mol. The number of benzene rings is 1. The summed E-state index contributed by atoms with van der Waals surface area (Å²) in [7, 11) is 0. The van der Waals surface area contributed by atoms with Gasteiger partial charge in [-0.15, -0.1) is 12.4 Å². The summed E-state index contributed by atoms with van der Waals surface area (Å²) in [6, 6.07) is 5.62. The van der Waals surface area contributed by atoms with Crippen LogP contribution in [0.15, 0.2) is 18.2 Å². The second-order valence-electron chi connectivity index (χ2n) is 4.91. The van der Waals surface area contributed by atoms with Gasteiger partial charge in [0.2, 0.25) is 0 Å². The third-order valence-corrected chi connectivity index (χ3v) is 3.62. The van der Waals surface area contributed by atoms with E-state index in [1.807, 2.05) is 32.0 Å². The highest BCUT2D eigenvalue weighted by molar-refractivity contribution is 6.02. The summed E-state index contributed by atoms with van der Waals surface area (Å²) in [5, 5.41) is 13.5. The number of halogens is 1. The van der Waals surface area contributed by atoms with E-state index in [2.05, 4.69) is 5.32 Å². The Morgan fingerprint density at radius 2 is 1.83 bits per heavy atom. The average Bonchev–Trinajstić information content (AvgIpc) is 2.33. The van der Waals surface area contributed by atoms with E-state index in [1.165, 1.54) is 5.56 Å². The van der Waals surface area contributed by atoms with Crippen molar-refractivity contribution in [3.8, 4) is 0 Å². The number of nitrogens with one attached hydrogen (secondary N) is 1. The largest absolute Gasteiger partial charge is 0.382 e. The van der Waals surface area contributed by atoms with Crippen LogP contribution in [0.3, 0.4) is 0 Å². The number of aryl methyl sites for hydroxylation is 2. The fourth-order valence-corrected chi connectivity index (χ4v) is 2.22. The molecule has 18 heavy (non-hydrogen) atoms. The fraction of sp³-hybridized carbons (Fsp3) is 0.500. The van der Waals surface area contributed by atoms with Gasteiger partial charge in [-0.2, -0.15) is 0 Å². The van der Waals surface area contributed by atoms with E-state index in [4.69, 9.17) is 0 Å². The Labute approximate surface area is 114 Å². The molecule has 1 aromatic rings. The normalized spacial score (nSPS) is 17.9. The summed E-state index contributed by atoms with van der Waals surface area (Å²) in [5.41, 5.74) is 1.71. The molecule has 2 N–H and O–H groups in total. The molecule has 1 saturated heterocycles. The Morgan fingerprint density at radius 1 is 1.22 bits per heavy atom. The van der Waals surface area contributed by atoms with Crippen molar-refractivity contribution in [3.05, 3.63) is 34.9 Å². The molecule has 0 radical (unpaired) electrons. The maximum Gasteiger partial charge on any atom is 0.194 e. The number of piperidine rings is 1. The highest BCUT2D eigenvalue weighted by Crippen LogP contribution is 2.24. The van der Waals surface area contributed by atoms with Crippen LogP contribution in [0, 0.1) is 13.8 Å². The fourth-order valence-electron chi connectivity index (χ4n) is 2.22. The van der Waals surface area contributed by atoms with Crippen LogP contribution in [0.2, 0.25) is 0 Å². The number of hydrogen-bond donors (Lipinski definition) is 2. The minimum atomic E-state index is -1.17. The molecular formula is C14H20ClNO2. The summed E-state index contributed by atoms with van der Waals surface area (Å²) in [4.78, 5) is 12.3. The zero-order valence-electron chi connectivity index (χ0n) is 10.8. The van der Waals surface area contributed by atoms with Gasteiger partial charge in [0.25, 0.3) is 0 Å². The summed E-state index contributed by atoms with van der Waals surface area (Å²) in [5.74, 6) is -0.137. The van der Waals surface area contributed by atoms with E-state index in [9.17, 15) is 9.90 Å². The van der Waals surface area contributed by atoms with Gasteiger partial charge >= 0.3 is 0 Å². The van der Waals surface area contributed by atoms with E-state index >= 15 is 0 Å². The molecule has 3 nitrogen and oxygen atoms in total. The minimum absolute atomic E-state index is 0. The van der Waals surface area contributed by atoms with Gasteiger partial charge in [-0.1, -0.05) is 12.1 Å². The Kier molecular flexibility index (Phi) is 4.91. The lowest BCUT2D eigenvalue weighted by Crippen LogP contribution is -2.47. The van der Waals surface area contributed by atoms with Gasteiger partial charge in [0.05, 0.1) is 0 Å². The third kappa shape index (κ3) is 2.91. The molecule has 1 aliphatic rings. The first kappa shape index (κ1) is 15.2. The number of aliphatic hydroxyl groups is 1. The van der Waals surface area contributed by atoms with Crippen molar-refractivity contribution in [2.45, 2.75) is 32.3 Å². The van der Waals surface area contributed by atoms with E-state index in [-0.39, 0.29) is 18.2 Å². The monoisotopic (exact) mass is 269 g/mol. The van der Waals surface area contributed by atoms with Crippen LogP contribution >= 0.6 is 12.4 Å². The molecule has 0 spiro atoms. The van der Waals surface area contributed by atoms with Crippen LogP contribution in [0.4, 0.5) is 0 Å². The Morgan fingerprint density at radius 3 is 2.39 bits per heavy atom. The van der Waals surface area contributed by atoms with Crippen LogP contribution in [0.25, 0.3) is 0 Å². The highest BCUT2D eigenvalue weighted by Gasteiger charge is 2.37. The predicted octanol–water partition coefficient (Wildman–Crippen LogP) is 2.02. The lowest BCUT2D eigenvalue weighted by molar-refractivity contribution is 0.0155. The van der Waals surface area contributed by atoms with E-state index in [0.717, 1.165) is 5.56 Å². The quantitative estimate of drug-likeness (QED) is 0.808. The van der Waals surface area contributed by atoms with Crippen LogP contribution in [-0.2, 0) is 0 Å². The molecule has 0 unspecified atom stereocenters. The standard InChI is InChI=1S/C14H19NO2.ClH/c1-10-3-4-12(9-11(10)2)13(16)14(17)5-7-15-8-6-14;/h3-4,9,15,17H,5-8H2,1-2H3;1H. The second kappa shape index (κ2) is 5.83. The van der Waals surface area contributed by atoms with E-state index in [0.29, 0.717) is 31.5 Å². The number of carbonyl (C=O) groups excluding carboxylic acids is 1. The van der Waals surface area contributed by atoms with Crippen LogP contribution in [0.1, 0.15) is 34.3 Å². The molecule has 0 atom stereocenters. The number of ketones is 1. The van der Waals surface area contributed by atoms with Gasteiger partial charge in [-0.25, -0.2) is 0 Å². The lowest BCUT2D eigenvalue weighted by atomic mass is 9.84. The number of Topliss-reactive ketones (excluding diaryl/α,β-unsaturated/α-hetero) is 1. The van der Waals surface area contributed by atoms with Crippen molar-refractivity contribution in [1.29, 1.82) is 0 Å². The molecule has 0 aliphatic carbocycles. The SMILES string of the molecule is Cc1ccc(C(=O)C2(O)CCNCC2)cc1C.Cl. The molecule has 1 heterocycles. The van der Waals surface area contributed by atoms with Crippen molar-refractivity contribution >= 4 is 18.2 Å². The summed E-state index contributed by atoms with van der Waals surface area (Å²) < 4.78 is 0. The number of hydrogen-bond acceptors (Lipinski definition) is 3. The molecule has 4 heteroatoms. The average molecular weight is 270 g/mol. The minimum Gasteiger partial charge on any atom is -0.382 e. The zero-order chi connectivity index (χ0) is 12.5. The third-order valence-electron chi connectivity index (χ3n) is 3.62.